The largest absolute Gasteiger partial charge is 0.354 e. The van der Waals surface area contributed by atoms with E-state index in [9.17, 15) is 0 Å². The SMILES string of the molecule is C[C@@H]1CCNC[C@H]1N(C)c1ncnc2[nH]ccc12.C[C@H]1CCNC[C@@H]1N(C)c1ncnc2[nH]ccc12.Cl.Cl.Cl.Cl. The first-order chi connectivity index (χ1) is 17.5. The van der Waals surface area contributed by atoms with Gasteiger partial charge in [-0.15, -0.1) is 49.6 Å². The number of halogens is 4. The van der Waals surface area contributed by atoms with Gasteiger partial charge in [-0.05, 0) is 49.9 Å². The van der Waals surface area contributed by atoms with E-state index in [0.29, 0.717) is 23.9 Å². The molecular weight excluding hydrogens is 594 g/mol. The van der Waals surface area contributed by atoms with Crippen LogP contribution in [0.2, 0.25) is 0 Å². The van der Waals surface area contributed by atoms with Crippen molar-refractivity contribution in [3.05, 3.63) is 37.2 Å². The van der Waals surface area contributed by atoms with E-state index >= 15 is 0 Å². The standard InChI is InChI=1S/2C13H19N5.4ClH/c2*1-9-3-5-14-7-11(9)18(2)13-10-4-6-15-12(10)16-8-17-13;;;;/h2*4,6,8-9,11,14H,3,5,7H2,1-2H3,(H,15,16,17);4*1H/t2*9-,11-;;;;/m10..../s1. The molecule has 6 heterocycles. The van der Waals surface area contributed by atoms with Gasteiger partial charge < -0.3 is 30.4 Å². The van der Waals surface area contributed by atoms with Gasteiger partial charge in [-0.3, -0.25) is 0 Å². The first-order valence-corrected chi connectivity index (χ1v) is 13.0. The van der Waals surface area contributed by atoms with Gasteiger partial charge in [0.05, 0.1) is 10.8 Å². The number of rotatable bonds is 4. The zero-order valence-electron chi connectivity index (χ0n) is 23.3. The van der Waals surface area contributed by atoms with Crippen molar-refractivity contribution in [1.29, 1.82) is 0 Å². The van der Waals surface area contributed by atoms with Crippen molar-refractivity contribution in [2.75, 3.05) is 50.1 Å². The van der Waals surface area contributed by atoms with Crippen molar-refractivity contribution < 1.29 is 0 Å². The van der Waals surface area contributed by atoms with E-state index in [2.05, 4.69) is 78.3 Å². The molecule has 4 N–H and O–H groups in total. The molecule has 0 bridgehead atoms. The average molecular weight is 637 g/mol. The Balaban J connectivity index is 0.000000364. The minimum atomic E-state index is 0. The third-order valence-electron chi connectivity index (χ3n) is 7.90. The van der Waals surface area contributed by atoms with Crippen molar-refractivity contribution in [1.82, 2.24) is 40.5 Å². The molecular formula is C26H42Cl4N10. The number of aromatic amines is 2. The Morgan fingerprint density at radius 1 is 0.650 bits per heavy atom. The Morgan fingerprint density at radius 3 is 1.43 bits per heavy atom. The molecule has 0 amide bonds. The Morgan fingerprint density at radius 2 is 1.05 bits per heavy atom. The van der Waals surface area contributed by atoms with Crippen LogP contribution in [-0.4, -0.2) is 82.3 Å². The van der Waals surface area contributed by atoms with Crippen LogP contribution in [0.25, 0.3) is 22.1 Å². The minimum Gasteiger partial charge on any atom is -0.354 e. The van der Waals surface area contributed by atoms with E-state index in [1.54, 1.807) is 12.7 Å². The molecule has 0 aliphatic carbocycles. The number of nitrogens with zero attached hydrogens (tertiary/aromatic N) is 6. The summed E-state index contributed by atoms with van der Waals surface area (Å²) in [6.07, 6.45) is 9.53. The van der Waals surface area contributed by atoms with Gasteiger partial charge in [0, 0.05) is 51.7 Å². The van der Waals surface area contributed by atoms with Crippen molar-refractivity contribution >= 4 is 83.3 Å². The summed E-state index contributed by atoms with van der Waals surface area (Å²) >= 11 is 0. The number of nitrogens with one attached hydrogen (secondary N) is 4. The third kappa shape index (κ3) is 7.60. The van der Waals surface area contributed by atoms with Gasteiger partial charge >= 0.3 is 0 Å². The highest BCUT2D eigenvalue weighted by molar-refractivity contribution is 5.88. The molecule has 0 spiro atoms. The minimum absolute atomic E-state index is 0. The molecule has 224 valence electrons. The lowest BCUT2D eigenvalue weighted by Gasteiger charge is -2.37. The molecule has 2 fully saturated rings. The molecule has 2 aliphatic heterocycles. The highest BCUT2D eigenvalue weighted by atomic mass is 35.5. The second kappa shape index (κ2) is 16.4. The van der Waals surface area contributed by atoms with Crippen molar-refractivity contribution in [2.45, 2.75) is 38.8 Å². The van der Waals surface area contributed by atoms with Gasteiger partial charge in [-0.2, -0.15) is 0 Å². The average Bonchev–Trinajstić information content (AvgIpc) is 3.58. The molecule has 2 aliphatic rings. The Labute approximate surface area is 260 Å². The number of piperidine rings is 2. The lowest BCUT2D eigenvalue weighted by atomic mass is 9.93. The van der Waals surface area contributed by atoms with E-state index < -0.39 is 0 Å². The smallest absolute Gasteiger partial charge is 0.142 e. The van der Waals surface area contributed by atoms with Crippen molar-refractivity contribution in [3.8, 4) is 0 Å². The maximum Gasteiger partial charge on any atom is 0.142 e. The maximum atomic E-state index is 4.46. The second-order valence-electron chi connectivity index (χ2n) is 10.2. The fourth-order valence-corrected chi connectivity index (χ4v) is 5.58. The van der Waals surface area contributed by atoms with Gasteiger partial charge in [-0.1, -0.05) is 13.8 Å². The number of anilines is 2. The van der Waals surface area contributed by atoms with E-state index in [0.717, 1.165) is 59.9 Å². The van der Waals surface area contributed by atoms with E-state index in [1.165, 1.54) is 12.8 Å². The maximum absolute atomic E-state index is 4.46. The van der Waals surface area contributed by atoms with E-state index in [4.69, 9.17) is 0 Å². The zero-order chi connectivity index (χ0) is 25.1. The summed E-state index contributed by atoms with van der Waals surface area (Å²) in [5.41, 5.74) is 1.81. The zero-order valence-corrected chi connectivity index (χ0v) is 26.6. The van der Waals surface area contributed by atoms with Gasteiger partial charge in [0.15, 0.2) is 0 Å². The number of fused-ring (bicyclic) bond motifs is 2. The fraction of sp³-hybridized carbons (Fsp3) is 0.538. The molecule has 0 radical (unpaired) electrons. The molecule has 4 aromatic rings. The van der Waals surface area contributed by atoms with E-state index in [1.807, 2.05) is 24.5 Å². The summed E-state index contributed by atoms with van der Waals surface area (Å²) in [6.45, 7) is 8.92. The summed E-state index contributed by atoms with van der Waals surface area (Å²) in [7, 11) is 4.26. The predicted molar refractivity (Wildman–Crippen MR) is 174 cm³/mol. The molecule has 14 heteroatoms. The summed E-state index contributed by atoms with van der Waals surface area (Å²) in [5.74, 6) is 3.39. The molecule has 0 saturated carbocycles. The van der Waals surface area contributed by atoms with Gasteiger partial charge in [0.1, 0.15) is 35.6 Å². The van der Waals surface area contributed by atoms with Gasteiger partial charge in [0.2, 0.25) is 0 Å². The lowest BCUT2D eigenvalue weighted by Crippen LogP contribution is -2.49. The quantitative estimate of drug-likeness (QED) is 0.260. The Bertz CT molecular complexity index is 1190. The highest BCUT2D eigenvalue weighted by Gasteiger charge is 2.27. The highest BCUT2D eigenvalue weighted by Crippen LogP contribution is 2.27. The molecule has 4 atom stereocenters. The monoisotopic (exact) mass is 634 g/mol. The van der Waals surface area contributed by atoms with Crippen molar-refractivity contribution in [2.24, 2.45) is 11.8 Å². The van der Waals surface area contributed by atoms with Crippen LogP contribution in [-0.2, 0) is 0 Å². The third-order valence-corrected chi connectivity index (χ3v) is 7.90. The lowest BCUT2D eigenvalue weighted by molar-refractivity contribution is 0.337. The van der Waals surface area contributed by atoms with E-state index in [-0.39, 0.29) is 49.6 Å². The number of hydrogen-bond acceptors (Lipinski definition) is 8. The number of likely N-dealkylation sites (N-methyl/N-ethyl adjacent to an activating group) is 2. The van der Waals surface area contributed by atoms with Crippen LogP contribution in [0.5, 0.6) is 0 Å². The summed E-state index contributed by atoms with van der Waals surface area (Å²) in [4.78, 5) is 28.2. The number of hydrogen-bond donors (Lipinski definition) is 4. The predicted octanol–water partition coefficient (Wildman–Crippen LogP) is 4.47. The topological polar surface area (TPSA) is 114 Å². The first-order valence-electron chi connectivity index (χ1n) is 13.0. The van der Waals surface area contributed by atoms with Crippen LogP contribution in [0.3, 0.4) is 0 Å². The van der Waals surface area contributed by atoms with Crippen LogP contribution in [0, 0.1) is 11.8 Å². The normalized spacial score (nSPS) is 21.9. The Hall–Kier alpha value is -2.08. The summed E-state index contributed by atoms with van der Waals surface area (Å²) < 4.78 is 0. The van der Waals surface area contributed by atoms with Crippen LogP contribution in [0.15, 0.2) is 37.2 Å². The molecule has 6 rings (SSSR count). The molecule has 0 aromatic carbocycles. The van der Waals surface area contributed by atoms with Crippen LogP contribution < -0.4 is 20.4 Å². The van der Waals surface area contributed by atoms with Gasteiger partial charge in [-0.25, -0.2) is 19.9 Å². The summed E-state index contributed by atoms with van der Waals surface area (Å²) in [5, 5.41) is 9.12. The van der Waals surface area contributed by atoms with Crippen LogP contribution >= 0.6 is 49.6 Å². The first kappa shape index (κ1) is 35.9. The molecule has 2 saturated heterocycles. The molecule has 4 aromatic heterocycles. The number of aromatic nitrogens is 6. The van der Waals surface area contributed by atoms with Crippen LogP contribution in [0.4, 0.5) is 11.6 Å². The fourth-order valence-electron chi connectivity index (χ4n) is 5.58. The molecule has 0 unspecified atom stereocenters. The Kier molecular flexibility index (Phi) is 14.7. The van der Waals surface area contributed by atoms with Gasteiger partial charge in [0.25, 0.3) is 0 Å². The molecule has 40 heavy (non-hydrogen) atoms. The summed E-state index contributed by atoms with van der Waals surface area (Å²) in [6, 6.07) is 5.07. The van der Waals surface area contributed by atoms with Crippen LogP contribution in [0.1, 0.15) is 26.7 Å². The second-order valence-corrected chi connectivity index (χ2v) is 10.2. The van der Waals surface area contributed by atoms with Crippen molar-refractivity contribution in [3.63, 3.8) is 0 Å². The number of H-pyrrole nitrogens is 2. The molecule has 10 nitrogen and oxygen atoms in total.